The maximum atomic E-state index is 11.1. The second kappa shape index (κ2) is 4.18. The lowest BCUT2D eigenvalue weighted by Gasteiger charge is -2.05. The Labute approximate surface area is 103 Å². The van der Waals surface area contributed by atoms with Crippen molar-refractivity contribution < 1.29 is 9.90 Å². The first kappa shape index (κ1) is 11.6. The van der Waals surface area contributed by atoms with Gasteiger partial charge in [0.05, 0.1) is 4.88 Å². The number of hydrogen-bond acceptors (Lipinski definition) is 4. The standard InChI is InChI=1S/C12H12N2O2S/c1-6-3-4-7(2)8(5-6)10-9(11(15)16)14-12(13)17-10/h3-5H,1-2H3,(H2,13,14)(H,15,16). The molecule has 1 aromatic carbocycles. The van der Waals surface area contributed by atoms with E-state index in [1.165, 1.54) is 11.3 Å². The van der Waals surface area contributed by atoms with Gasteiger partial charge in [-0.05, 0) is 25.0 Å². The quantitative estimate of drug-likeness (QED) is 0.856. The topological polar surface area (TPSA) is 76.2 Å². The highest BCUT2D eigenvalue weighted by Gasteiger charge is 2.19. The molecule has 0 unspecified atom stereocenters. The summed E-state index contributed by atoms with van der Waals surface area (Å²) in [6.07, 6.45) is 0. The number of nitrogen functional groups attached to an aromatic ring is 1. The van der Waals surface area contributed by atoms with Crippen LogP contribution in [0.2, 0.25) is 0 Å². The summed E-state index contributed by atoms with van der Waals surface area (Å²) in [5, 5.41) is 9.37. The Morgan fingerprint density at radius 3 is 2.76 bits per heavy atom. The minimum absolute atomic E-state index is 0.0289. The second-order valence-electron chi connectivity index (χ2n) is 3.85. The lowest BCUT2D eigenvalue weighted by atomic mass is 10.0. The summed E-state index contributed by atoms with van der Waals surface area (Å²) in [6, 6.07) is 5.91. The first-order valence-electron chi connectivity index (χ1n) is 5.06. The molecule has 0 aliphatic heterocycles. The largest absolute Gasteiger partial charge is 0.476 e. The minimum atomic E-state index is -1.05. The van der Waals surface area contributed by atoms with Crippen molar-refractivity contribution in [1.82, 2.24) is 4.98 Å². The summed E-state index contributed by atoms with van der Waals surface area (Å²) in [5.41, 5.74) is 8.59. The average molecular weight is 248 g/mol. The fourth-order valence-electron chi connectivity index (χ4n) is 1.64. The first-order chi connectivity index (χ1) is 7.99. The maximum absolute atomic E-state index is 11.1. The SMILES string of the molecule is Cc1ccc(C)c(-c2sc(N)nc2C(=O)O)c1. The number of thiazole rings is 1. The summed E-state index contributed by atoms with van der Waals surface area (Å²) in [6.45, 7) is 3.91. The normalized spacial score (nSPS) is 10.5. The molecule has 2 rings (SSSR count). The van der Waals surface area contributed by atoms with Crippen LogP contribution in [0.5, 0.6) is 0 Å². The van der Waals surface area contributed by atoms with Gasteiger partial charge in [0.1, 0.15) is 0 Å². The van der Waals surface area contributed by atoms with Crippen LogP contribution in [0.4, 0.5) is 5.13 Å². The molecule has 2 aromatic rings. The lowest BCUT2D eigenvalue weighted by molar-refractivity contribution is 0.0692. The van der Waals surface area contributed by atoms with E-state index >= 15 is 0 Å². The van der Waals surface area contributed by atoms with E-state index in [2.05, 4.69) is 4.98 Å². The molecule has 0 spiro atoms. The molecular weight excluding hydrogens is 236 g/mol. The molecule has 0 saturated carbocycles. The molecule has 0 radical (unpaired) electrons. The van der Waals surface area contributed by atoms with Crippen molar-refractivity contribution in [2.45, 2.75) is 13.8 Å². The zero-order valence-corrected chi connectivity index (χ0v) is 10.3. The Morgan fingerprint density at radius 2 is 2.12 bits per heavy atom. The highest BCUT2D eigenvalue weighted by atomic mass is 32.1. The van der Waals surface area contributed by atoms with Crippen molar-refractivity contribution in [3.05, 3.63) is 35.0 Å². The highest BCUT2D eigenvalue weighted by Crippen LogP contribution is 2.34. The number of nitrogens with zero attached hydrogens (tertiary/aromatic N) is 1. The molecule has 4 nitrogen and oxygen atoms in total. The van der Waals surface area contributed by atoms with E-state index in [1.807, 2.05) is 32.0 Å². The van der Waals surface area contributed by atoms with Gasteiger partial charge in [-0.1, -0.05) is 35.1 Å². The third-order valence-corrected chi connectivity index (χ3v) is 3.40. The van der Waals surface area contributed by atoms with Crippen LogP contribution in [0.25, 0.3) is 10.4 Å². The van der Waals surface area contributed by atoms with Crippen molar-refractivity contribution >= 4 is 22.4 Å². The number of aryl methyl sites for hydroxylation is 2. The van der Waals surface area contributed by atoms with Crippen molar-refractivity contribution in [2.24, 2.45) is 0 Å². The molecule has 1 aromatic heterocycles. The minimum Gasteiger partial charge on any atom is -0.476 e. The van der Waals surface area contributed by atoms with Gasteiger partial charge in [-0.3, -0.25) is 0 Å². The van der Waals surface area contributed by atoms with Crippen LogP contribution >= 0.6 is 11.3 Å². The number of carbonyl (C=O) groups is 1. The van der Waals surface area contributed by atoms with Crippen molar-refractivity contribution in [3.8, 4) is 10.4 Å². The summed E-state index contributed by atoms with van der Waals surface area (Å²) < 4.78 is 0. The number of aromatic nitrogens is 1. The van der Waals surface area contributed by atoms with Crippen molar-refractivity contribution in [3.63, 3.8) is 0 Å². The molecular formula is C12H12N2O2S. The fourth-order valence-corrected chi connectivity index (χ4v) is 2.55. The van der Waals surface area contributed by atoms with Gasteiger partial charge in [0.2, 0.25) is 0 Å². The van der Waals surface area contributed by atoms with Gasteiger partial charge in [0.25, 0.3) is 0 Å². The monoisotopic (exact) mass is 248 g/mol. The van der Waals surface area contributed by atoms with Crippen LogP contribution in [-0.2, 0) is 0 Å². The van der Waals surface area contributed by atoms with Crippen LogP contribution in [0.15, 0.2) is 18.2 Å². The van der Waals surface area contributed by atoms with E-state index in [0.717, 1.165) is 16.7 Å². The molecule has 0 atom stereocenters. The molecule has 0 aliphatic rings. The Kier molecular flexibility index (Phi) is 2.85. The number of aromatic carboxylic acids is 1. The lowest BCUT2D eigenvalue weighted by Crippen LogP contribution is -1.99. The average Bonchev–Trinajstić information content (AvgIpc) is 2.64. The van der Waals surface area contributed by atoms with Gasteiger partial charge in [0, 0.05) is 0 Å². The van der Waals surface area contributed by atoms with Gasteiger partial charge in [-0.2, -0.15) is 0 Å². The summed E-state index contributed by atoms with van der Waals surface area (Å²) >= 11 is 1.20. The van der Waals surface area contributed by atoms with E-state index < -0.39 is 5.97 Å². The molecule has 0 fully saturated rings. The number of benzene rings is 1. The molecule has 1 heterocycles. The molecule has 5 heteroatoms. The third-order valence-electron chi connectivity index (χ3n) is 2.48. The predicted molar refractivity (Wildman–Crippen MR) is 68.4 cm³/mol. The summed E-state index contributed by atoms with van der Waals surface area (Å²) in [7, 11) is 0. The Hall–Kier alpha value is -1.88. The number of rotatable bonds is 2. The van der Waals surface area contributed by atoms with Crippen LogP contribution in [-0.4, -0.2) is 16.1 Å². The molecule has 3 N–H and O–H groups in total. The van der Waals surface area contributed by atoms with Crippen LogP contribution in [0.3, 0.4) is 0 Å². The number of hydrogen-bond donors (Lipinski definition) is 2. The van der Waals surface area contributed by atoms with Gasteiger partial charge < -0.3 is 10.8 Å². The number of nitrogens with two attached hydrogens (primary N) is 1. The summed E-state index contributed by atoms with van der Waals surface area (Å²) in [5.74, 6) is -1.05. The van der Waals surface area contributed by atoms with E-state index in [0.29, 0.717) is 4.88 Å². The van der Waals surface area contributed by atoms with E-state index in [1.54, 1.807) is 0 Å². The number of anilines is 1. The fraction of sp³-hybridized carbons (Fsp3) is 0.167. The number of carboxylic acid groups (broad SMARTS) is 1. The van der Waals surface area contributed by atoms with E-state index in [9.17, 15) is 4.79 Å². The first-order valence-corrected chi connectivity index (χ1v) is 5.88. The molecule has 17 heavy (non-hydrogen) atoms. The molecule has 88 valence electrons. The van der Waals surface area contributed by atoms with Gasteiger partial charge in [-0.15, -0.1) is 0 Å². The second-order valence-corrected chi connectivity index (χ2v) is 4.88. The third kappa shape index (κ3) is 2.14. The van der Waals surface area contributed by atoms with E-state index in [4.69, 9.17) is 10.8 Å². The Bertz CT molecular complexity index is 590. The Balaban J connectivity index is 2.67. The zero-order valence-electron chi connectivity index (χ0n) is 9.52. The maximum Gasteiger partial charge on any atom is 0.356 e. The molecule has 0 bridgehead atoms. The number of carboxylic acids is 1. The highest BCUT2D eigenvalue weighted by molar-refractivity contribution is 7.19. The van der Waals surface area contributed by atoms with Crippen molar-refractivity contribution in [2.75, 3.05) is 5.73 Å². The van der Waals surface area contributed by atoms with Crippen LogP contribution in [0.1, 0.15) is 21.6 Å². The molecule has 0 aliphatic carbocycles. The van der Waals surface area contributed by atoms with Crippen molar-refractivity contribution in [1.29, 1.82) is 0 Å². The van der Waals surface area contributed by atoms with E-state index in [-0.39, 0.29) is 10.8 Å². The predicted octanol–water partition coefficient (Wildman–Crippen LogP) is 2.71. The Morgan fingerprint density at radius 1 is 1.41 bits per heavy atom. The summed E-state index contributed by atoms with van der Waals surface area (Å²) in [4.78, 5) is 15.6. The van der Waals surface area contributed by atoms with Crippen LogP contribution in [0, 0.1) is 13.8 Å². The molecule has 0 amide bonds. The van der Waals surface area contributed by atoms with Gasteiger partial charge in [-0.25, -0.2) is 9.78 Å². The molecule has 0 saturated heterocycles. The van der Waals surface area contributed by atoms with Crippen LogP contribution < -0.4 is 5.73 Å². The zero-order chi connectivity index (χ0) is 12.6. The van der Waals surface area contributed by atoms with Gasteiger partial charge in [0.15, 0.2) is 10.8 Å². The smallest absolute Gasteiger partial charge is 0.356 e. The van der Waals surface area contributed by atoms with Gasteiger partial charge >= 0.3 is 5.97 Å².